The summed E-state index contributed by atoms with van der Waals surface area (Å²) in [5.41, 5.74) is 0.535. The summed E-state index contributed by atoms with van der Waals surface area (Å²) < 4.78 is 10.8. The Hall–Kier alpha value is -2.05. The average Bonchev–Trinajstić information content (AvgIpc) is 2.48. The van der Waals surface area contributed by atoms with Crippen LogP contribution in [-0.4, -0.2) is 29.3 Å². The van der Waals surface area contributed by atoms with Crippen molar-refractivity contribution in [3.8, 4) is 11.5 Å². The maximum atomic E-state index is 12.1. The third-order valence-corrected chi connectivity index (χ3v) is 3.26. The third kappa shape index (κ3) is 3.01. The van der Waals surface area contributed by atoms with E-state index in [9.17, 15) is 4.79 Å². The molecule has 3 rings (SSSR count). The molecule has 0 spiro atoms. The Labute approximate surface area is 130 Å². The van der Waals surface area contributed by atoms with Gasteiger partial charge in [0.2, 0.25) is 0 Å². The van der Waals surface area contributed by atoms with Gasteiger partial charge in [-0.05, 0) is 12.1 Å². The molecule has 1 N–H and O–H groups in total. The minimum atomic E-state index is -0.447. The van der Waals surface area contributed by atoms with Crippen LogP contribution in [0.25, 0.3) is 0 Å². The Morgan fingerprint density at radius 3 is 2.48 bits per heavy atom. The zero-order valence-electron chi connectivity index (χ0n) is 10.6. The molecule has 0 atom stereocenters. The van der Waals surface area contributed by atoms with E-state index in [2.05, 4.69) is 15.5 Å². The number of nitrogens with zero attached hydrogens (tertiary/aromatic N) is 2. The van der Waals surface area contributed by atoms with E-state index in [-0.39, 0.29) is 10.8 Å². The topological polar surface area (TPSA) is 73.3 Å². The van der Waals surface area contributed by atoms with Gasteiger partial charge in [-0.2, -0.15) is 0 Å². The van der Waals surface area contributed by atoms with Gasteiger partial charge < -0.3 is 14.8 Å². The average molecular weight is 326 g/mol. The van der Waals surface area contributed by atoms with Crippen LogP contribution in [0.3, 0.4) is 0 Å². The zero-order valence-corrected chi connectivity index (χ0v) is 12.1. The van der Waals surface area contributed by atoms with E-state index < -0.39 is 5.91 Å². The van der Waals surface area contributed by atoms with Crippen LogP contribution in [0.15, 0.2) is 24.3 Å². The standard InChI is InChI=1S/C13H9Cl2N3O3/c14-7-5-10-11(21-4-3-20-10)6-9(7)16-13(19)8-1-2-12(15)18-17-8/h1-2,5-6H,3-4H2,(H,16,19). The molecule has 1 aromatic carbocycles. The van der Waals surface area contributed by atoms with Gasteiger partial charge in [0.1, 0.15) is 13.2 Å². The fourth-order valence-corrected chi connectivity index (χ4v) is 2.08. The monoisotopic (exact) mass is 325 g/mol. The molecule has 1 amide bonds. The molecule has 1 aromatic heterocycles. The van der Waals surface area contributed by atoms with Crippen molar-refractivity contribution in [3.63, 3.8) is 0 Å². The molecular weight excluding hydrogens is 317 g/mol. The summed E-state index contributed by atoms with van der Waals surface area (Å²) in [6.07, 6.45) is 0. The number of rotatable bonds is 2. The molecule has 0 fully saturated rings. The first-order valence-electron chi connectivity index (χ1n) is 6.03. The summed E-state index contributed by atoms with van der Waals surface area (Å²) in [6, 6.07) is 6.16. The smallest absolute Gasteiger partial charge is 0.276 e. The lowest BCUT2D eigenvalue weighted by Gasteiger charge is -2.19. The number of hydrogen-bond acceptors (Lipinski definition) is 5. The van der Waals surface area contributed by atoms with Crippen LogP contribution in [0.4, 0.5) is 5.69 Å². The second-order valence-electron chi connectivity index (χ2n) is 4.17. The Kier molecular flexibility index (Phi) is 3.81. The SMILES string of the molecule is O=C(Nc1cc2c(cc1Cl)OCCO2)c1ccc(Cl)nn1. The van der Waals surface area contributed by atoms with Gasteiger partial charge in [0.05, 0.1) is 10.7 Å². The van der Waals surface area contributed by atoms with Crippen LogP contribution in [-0.2, 0) is 0 Å². The highest BCUT2D eigenvalue weighted by atomic mass is 35.5. The summed E-state index contributed by atoms with van der Waals surface area (Å²) >= 11 is 11.7. The van der Waals surface area contributed by atoms with Gasteiger partial charge in [-0.1, -0.05) is 23.2 Å². The molecule has 0 unspecified atom stereocenters. The lowest BCUT2D eigenvalue weighted by Crippen LogP contribution is -2.17. The van der Waals surface area contributed by atoms with Gasteiger partial charge in [0.25, 0.3) is 5.91 Å². The first kappa shape index (κ1) is 13.9. The zero-order chi connectivity index (χ0) is 14.8. The van der Waals surface area contributed by atoms with E-state index in [0.717, 1.165) is 0 Å². The number of aromatic nitrogens is 2. The molecule has 6 nitrogen and oxygen atoms in total. The summed E-state index contributed by atoms with van der Waals surface area (Å²) in [5.74, 6) is 0.636. The molecule has 0 saturated heterocycles. The van der Waals surface area contributed by atoms with Gasteiger partial charge in [-0.25, -0.2) is 0 Å². The Morgan fingerprint density at radius 2 is 1.81 bits per heavy atom. The highest BCUT2D eigenvalue weighted by Gasteiger charge is 2.17. The summed E-state index contributed by atoms with van der Waals surface area (Å²) in [7, 11) is 0. The number of anilines is 1. The van der Waals surface area contributed by atoms with Crippen molar-refractivity contribution in [1.82, 2.24) is 10.2 Å². The first-order chi connectivity index (χ1) is 10.1. The quantitative estimate of drug-likeness (QED) is 0.919. The van der Waals surface area contributed by atoms with Crippen LogP contribution in [0, 0.1) is 0 Å². The van der Waals surface area contributed by atoms with Crippen molar-refractivity contribution in [3.05, 3.63) is 40.1 Å². The highest BCUT2D eigenvalue weighted by Crippen LogP contribution is 2.38. The predicted molar refractivity (Wildman–Crippen MR) is 77.4 cm³/mol. The molecule has 2 aromatic rings. The van der Waals surface area contributed by atoms with Crippen molar-refractivity contribution in [2.45, 2.75) is 0 Å². The Morgan fingerprint density at radius 1 is 1.10 bits per heavy atom. The van der Waals surface area contributed by atoms with Crippen molar-refractivity contribution in [2.24, 2.45) is 0 Å². The number of fused-ring (bicyclic) bond motifs is 1. The van der Waals surface area contributed by atoms with Gasteiger partial charge in [-0.3, -0.25) is 4.79 Å². The molecule has 2 heterocycles. The number of carbonyl (C=O) groups is 1. The van der Waals surface area contributed by atoms with Crippen molar-refractivity contribution >= 4 is 34.8 Å². The molecule has 0 saturated carbocycles. The molecule has 0 radical (unpaired) electrons. The van der Waals surface area contributed by atoms with E-state index >= 15 is 0 Å². The van der Waals surface area contributed by atoms with Crippen molar-refractivity contribution in [2.75, 3.05) is 18.5 Å². The molecule has 21 heavy (non-hydrogen) atoms. The molecule has 1 aliphatic rings. The van der Waals surface area contributed by atoms with Crippen molar-refractivity contribution in [1.29, 1.82) is 0 Å². The fourth-order valence-electron chi connectivity index (χ4n) is 1.78. The number of carbonyl (C=O) groups excluding carboxylic acids is 1. The van der Waals surface area contributed by atoms with Crippen LogP contribution in [0.5, 0.6) is 11.5 Å². The largest absolute Gasteiger partial charge is 0.486 e. The number of halogens is 2. The van der Waals surface area contributed by atoms with E-state index in [4.69, 9.17) is 32.7 Å². The minimum Gasteiger partial charge on any atom is -0.486 e. The third-order valence-electron chi connectivity index (χ3n) is 2.74. The maximum absolute atomic E-state index is 12.1. The summed E-state index contributed by atoms with van der Waals surface area (Å²) in [6.45, 7) is 0.917. The van der Waals surface area contributed by atoms with E-state index in [1.165, 1.54) is 12.1 Å². The van der Waals surface area contributed by atoms with Crippen LogP contribution < -0.4 is 14.8 Å². The molecular formula is C13H9Cl2N3O3. The predicted octanol–water partition coefficient (Wildman–Crippen LogP) is 2.81. The summed E-state index contributed by atoms with van der Waals surface area (Å²) in [5, 5.41) is 10.5. The number of nitrogens with one attached hydrogen (secondary N) is 1. The molecule has 108 valence electrons. The fraction of sp³-hybridized carbons (Fsp3) is 0.154. The van der Waals surface area contributed by atoms with E-state index in [1.807, 2.05) is 0 Å². The second-order valence-corrected chi connectivity index (χ2v) is 4.97. The van der Waals surface area contributed by atoms with E-state index in [0.29, 0.717) is 35.4 Å². The van der Waals surface area contributed by atoms with Crippen molar-refractivity contribution < 1.29 is 14.3 Å². The lowest BCUT2D eigenvalue weighted by molar-refractivity contribution is 0.102. The number of amides is 1. The normalized spacial score (nSPS) is 12.9. The van der Waals surface area contributed by atoms with Gasteiger partial charge in [0.15, 0.2) is 22.3 Å². The first-order valence-corrected chi connectivity index (χ1v) is 6.79. The number of benzene rings is 1. The Bertz CT molecular complexity index is 692. The molecule has 1 aliphatic heterocycles. The van der Waals surface area contributed by atoms with Gasteiger partial charge in [0, 0.05) is 12.1 Å². The molecule has 8 heteroatoms. The highest BCUT2D eigenvalue weighted by molar-refractivity contribution is 6.34. The summed E-state index contributed by atoms with van der Waals surface area (Å²) in [4.78, 5) is 12.1. The number of hydrogen-bond donors (Lipinski definition) is 1. The van der Waals surface area contributed by atoms with Crippen LogP contribution >= 0.6 is 23.2 Å². The minimum absolute atomic E-state index is 0.130. The van der Waals surface area contributed by atoms with Crippen LogP contribution in [0.2, 0.25) is 10.2 Å². The molecule has 0 bridgehead atoms. The van der Waals surface area contributed by atoms with Crippen LogP contribution in [0.1, 0.15) is 10.5 Å². The second kappa shape index (κ2) is 5.75. The van der Waals surface area contributed by atoms with E-state index in [1.54, 1.807) is 12.1 Å². The Balaban J connectivity index is 1.84. The lowest BCUT2D eigenvalue weighted by atomic mass is 10.2. The maximum Gasteiger partial charge on any atom is 0.276 e. The van der Waals surface area contributed by atoms with Gasteiger partial charge in [-0.15, -0.1) is 10.2 Å². The molecule has 0 aliphatic carbocycles. The van der Waals surface area contributed by atoms with Gasteiger partial charge >= 0.3 is 0 Å². The number of ether oxygens (including phenoxy) is 2.